The standard InChI is InChI=1S/C18H17ClN2O3/c19-14-2-1-3-15(9-14)20-18(22)21-7-6-13(10-21)12-4-5-16-17(8-12)24-11-23-16/h1-5,8-9,13H,6-7,10-11H2,(H,20,22). The highest BCUT2D eigenvalue weighted by Gasteiger charge is 2.28. The fraction of sp³-hybridized carbons (Fsp3) is 0.278. The van der Waals surface area contributed by atoms with E-state index in [1.807, 2.05) is 29.2 Å². The summed E-state index contributed by atoms with van der Waals surface area (Å²) in [6.07, 6.45) is 0.933. The van der Waals surface area contributed by atoms with Gasteiger partial charge in [-0.25, -0.2) is 4.79 Å². The highest BCUT2D eigenvalue weighted by Crippen LogP contribution is 2.37. The Morgan fingerprint density at radius 3 is 2.92 bits per heavy atom. The van der Waals surface area contributed by atoms with Gasteiger partial charge in [-0.1, -0.05) is 23.7 Å². The van der Waals surface area contributed by atoms with Gasteiger partial charge in [0.15, 0.2) is 11.5 Å². The van der Waals surface area contributed by atoms with Crippen LogP contribution in [-0.4, -0.2) is 30.8 Å². The van der Waals surface area contributed by atoms with Crippen LogP contribution in [0, 0.1) is 0 Å². The quantitative estimate of drug-likeness (QED) is 0.892. The molecule has 0 saturated carbocycles. The Kier molecular flexibility index (Phi) is 3.94. The zero-order valence-corrected chi connectivity index (χ0v) is 13.8. The van der Waals surface area contributed by atoms with Gasteiger partial charge in [0.1, 0.15) is 0 Å². The summed E-state index contributed by atoms with van der Waals surface area (Å²) in [7, 11) is 0. The molecule has 2 aliphatic rings. The number of nitrogens with one attached hydrogen (secondary N) is 1. The molecule has 0 spiro atoms. The first-order valence-corrected chi connectivity index (χ1v) is 8.28. The van der Waals surface area contributed by atoms with Gasteiger partial charge in [-0.05, 0) is 42.3 Å². The number of fused-ring (bicyclic) bond motifs is 1. The molecule has 4 rings (SSSR count). The molecule has 1 fully saturated rings. The number of carbonyl (C=O) groups excluding carboxylic acids is 1. The van der Waals surface area contributed by atoms with Crippen molar-refractivity contribution >= 4 is 23.3 Å². The van der Waals surface area contributed by atoms with Gasteiger partial charge in [-0.15, -0.1) is 0 Å². The number of rotatable bonds is 2. The lowest BCUT2D eigenvalue weighted by molar-refractivity contribution is 0.174. The molecule has 2 amide bonds. The lowest BCUT2D eigenvalue weighted by Crippen LogP contribution is -2.32. The zero-order valence-electron chi connectivity index (χ0n) is 13.0. The summed E-state index contributed by atoms with van der Waals surface area (Å²) >= 11 is 5.95. The Morgan fingerprint density at radius 2 is 2.04 bits per heavy atom. The van der Waals surface area contributed by atoms with Crippen molar-refractivity contribution in [3.63, 3.8) is 0 Å². The number of likely N-dealkylation sites (tertiary alicyclic amines) is 1. The Labute approximate surface area is 145 Å². The first kappa shape index (κ1) is 15.1. The Bertz CT molecular complexity index is 781. The Hall–Kier alpha value is -2.40. The van der Waals surface area contributed by atoms with Crippen molar-refractivity contribution in [3.8, 4) is 11.5 Å². The third-order valence-electron chi connectivity index (χ3n) is 4.42. The lowest BCUT2D eigenvalue weighted by atomic mass is 9.98. The Balaban J connectivity index is 1.41. The third kappa shape index (κ3) is 2.99. The van der Waals surface area contributed by atoms with Crippen LogP contribution in [0.1, 0.15) is 17.9 Å². The molecule has 1 unspecified atom stereocenters. The van der Waals surface area contributed by atoms with Crippen LogP contribution in [0.5, 0.6) is 11.5 Å². The summed E-state index contributed by atoms with van der Waals surface area (Å²) in [5.74, 6) is 1.88. The molecule has 0 aliphatic carbocycles. The average molecular weight is 345 g/mol. The molecule has 2 aliphatic heterocycles. The van der Waals surface area contributed by atoms with E-state index in [-0.39, 0.29) is 12.8 Å². The lowest BCUT2D eigenvalue weighted by Gasteiger charge is -2.18. The summed E-state index contributed by atoms with van der Waals surface area (Å²) in [4.78, 5) is 14.2. The number of amides is 2. The minimum atomic E-state index is -0.0967. The van der Waals surface area contributed by atoms with Gasteiger partial charge < -0.3 is 19.7 Å². The number of hydrogen-bond donors (Lipinski definition) is 1. The monoisotopic (exact) mass is 344 g/mol. The van der Waals surface area contributed by atoms with Crippen molar-refractivity contribution in [3.05, 3.63) is 53.1 Å². The number of carbonyl (C=O) groups is 1. The van der Waals surface area contributed by atoms with Crippen LogP contribution in [0.2, 0.25) is 5.02 Å². The van der Waals surface area contributed by atoms with E-state index in [0.29, 0.717) is 23.2 Å². The van der Waals surface area contributed by atoms with Crippen molar-refractivity contribution in [1.29, 1.82) is 0 Å². The van der Waals surface area contributed by atoms with E-state index >= 15 is 0 Å². The first-order chi connectivity index (χ1) is 11.7. The van der Waals surface area contributed by atoms with Crippen LogP contribution in [-0.2, 0) is 0 Å². The van der Waals surface area contributed by atoms with E-state index in [1.165, 1.54) is 5.56 Å². The molecule has 0 bridgehead atoms. The van der Waals surface area contributed by atoms with Crippen molar-refractivity contribution < 1.29 is 14.3 Å². The molecule has 5 nitrogen and oxygen atoms in total. The van der Waals surface area contributed by atoms with Crippen LogP contribution in [0.3, 0.4) is 0 Å². The molecule has 0 radical (unpaired) electrons. The van der Waals surface area contributed by atoms with E-state index in [0.717, 1.165) is 24.5 Å². The highest BCUT2D eigenvalue weighted by molar-refractivity contribution is 6.30. The average Bonchev–Trinajstić information content (AvgIpc) is 3.23. The summed E-state index contributed by atoms with van der Waals surface area (Å²) in [6.45, 7) is 1.69. The number of urea groups is 1. The molecule has 1 atom stereocenters. The van der Waals surface area contributed by atoms with Gasteiger partial charge in [-0.3, -0.25) is 0 Å². The predicted molar refractivity (Wildman–Crippen MR) is 92.0 cm³/mol. The maximum atomic E-state index is 12.4. The normalized spacial score (nSPS) is 18.7. The van der Waals surface area contributed by atoms with Crippen molar-refractivity contribution in [2.24, 2.45) is 0 Å². The maximum Gasteiger partial charge on any atom is 0.321 e. The molecule has 124 valence electrons. The summed E-state index contributed by atoms with van der Waals surface area (Å²) in [6, 6.07) is 13.1. The summed E-state index contributed by atoms with van der Waals surface area (Å²) in [5, 5.41) is 3.50. The molecule has 2 aromatic rings. The second-order valence-corrected chi connectivity index (χ2v) is 6.42. The molecule has 6 heteroatoms. The molecule has 24 heavy (non-hydrogen) atoms. The predicted octanol–water partition coefficient (Wildman–Crippen LogP) is 4.09. The van der Waals surface area contributed by atoms with Crippen molar-refractivity contribution in [2.45, 2.75) is 12.3 Å². The summed E-state index contributed by atoms with van der Waals surface area (Å²) < 4.78 is 10.8. The fourth-order valence-electron chi connectivity index (χ4n) is 3.15. The van der Waals surface area contributed by atoms with Crippen LogP contribution >= 0.6 is 11.6 Å². The van der Waals surface area contributed by atoms with Crippen LogP contribution in [0.15, 0.2) is 42.5 Å². The third-order valence-corrected chi connectivity index (χ3v) is 4.65. The van der Waals surface area contributed by atoms with Crippen LogP contribution in [0.25, 0.3) is 0 Å². The van der Waals surface area contributed by atoms with Crippen LogP contribution in [0.4, 0.5) is 10.5 Å². The number of nitrogens with zero attached hydrogens (tertiary/aromatic N) is 1. The van der Waals surface area contributed by atoms with Crippen molar-refractivity contribution in [2.75, 3.05) is 25.2 Å². The molecule has 0 aromatic heterocycles. The fourth-order valence-corrected chi connectivity index (χ4v) is 3.34. The highest BCUT2D eigenvalue weighted by atomic mass is 35.5. The van der Waals surface area contributed by atoms with Gasteiger partial charge in [0.05, 0.1) is 0 Å². The van der Waals surface area contributed by atoms with Crippen LogP contribution < -0.4 is 14.8 Å². The van der Waals surface area contributed by atoms with E-state index in [2.05, 4.69) is 11.4 Å². The second-order valence-electron chi connectivity index (χ2n) is 5.98. The first-order valence-electron chi connectivity index (χ1n) is 7.90. The van der Waals surface area contributed by atoms with Gasteiger partial charge in [0.2, 0.25) is 6.79 Å². The number of halogens is 1. The Morgan fingerprint density at radius 1 is 1.17 bits per heavy atom. The number of anilines is 1. The smallest absolute Gasteiger partial charge is 0.321 e. The molecular weight excluding hydrogens is 328 g/mol. The molecule has 2 aromatic carbocycles. The molecule has 1 N–H and O–H groups in total. The largest absolute Gasteiger partial charge is 0.454 e. The minimum Gasteiger partial charge on any atom is -0.454 e. The van der Waals surface area contributed by atoms with Gasteiger partial charge in [0, 0.05) is 29.7 Å². The minimum absolute atomic E-state index is 0.0967. The number of benzene rings is 2. The molecule has 2 heterocycles. The number of hydrogen-bond acceptors (Lipinski definition) is 3. The van der Waals surface area contributed by atoms with E-state index in [1.54, 1.807) is 12.1 Å². The van der Waals surface area contributed by atoms with Gasteiger partial charge in [-0.2, -0.15) is 0 Å². The van der Waals surface area contributed by atoms with Gasteiger partial charge in [0.25, 0.3) is 0 Å². The van der Waals surface area contributed by atoms with Crippen molar-refractivity contribution in [1.82, 2.24) is 4.90 Å². The van der Waals surface area contributed by atoms with E-state index in [4.69, 9.17) is 21.1 Å². The van der Waals surface area contributed by atoms with E-state index < -0.39 is 0 Å². The summed E-state index contributed by atoms with van der Waals surface area (Å²) in [5.41, 5.74) is 1.89. The number of ether oxygens (including phenoxy) is 2. The van der Waals surface area contributed by atoms with E-state index in [9.17, 15) is 4.79 Å². The molecular formula is C18H17ClN2O3. The SMILES string of the molecule is O=C(Nc1cccc(Cl)c1)N1CCC(c2ccc3c(c2)OCO3)C1. The second kappa shape index (κ2) is 6.24. The maximum absolute atomic E-state index is 12.4. The topological polar surface area (TPSA) is 50.8 Å². The zero-order chi connectivity index (χ0) is 16.5. The van der Waals surface area contributed by atoms with Gasteiger partial charge >= 0.3 is 6.03 Å². The molecule has 1 saturated heterocycles.